The van der Waals surface area contributed by atoms with Gasteiger partial charge in [0.2, 0.25) is 0 Å². The molecule has 0 saturated heterocycles. The van der Waals surface area contributed by atoms with E-state index in [2.05, 4.69) is 12.0 Å². The Kier molecular flexibility index (Phi) is 3.82. The molecule has 0 fully saturated rings. The topological polar surface area (TPSA) is 43.8 Å². The normalized spacial score (nSPS) is 12.6. The van der Waals surface area contributed by atoms with Crippen LogP contribution in [-0.2, 0) is 6.54 Å². The Labute approximate surface area is 106 Å². The summed E-state index contributed by atoms with van der Waals surface area (Å²) in [6, 6.07) is 7.86. The quantitative estimate of drug-likeness (QED) is 0.905. The molecule has 1 heterocycles. The van der Waals surface area contributed by atoms with Crippen LogP contribution in [-0.4, -0.2) is 9.78 Å². The van der Waals surface area contributed by atoms with E-state index in [9.17, 15) is 0 Å². The summed E-state index contributed by atoms with van der Waals surface area (Å²) in [6.45, 7) is 2.74. The van der Waals surface area contributed by atoms with Crippen LogP contribution in [0.2, 0.25) is 5.02 Å². The minimum Gasteiger partial charge on any atom is -0.324 e. The highest BCUT2D eigenvalue weighted by Gasteiger charge is 2.07. The second-order valence-electron chi connectivity index (χ2n) is 4.08. The molecule has 2 aromatic rings. The molecule has 1 aromatic heterocycles. The van der Waals surface area contributed by atoms with Gasteiger partial charge in [0.05, 0.1) is 12.7 Å². The number of halogens is 1. The molecular formula is C13H16ClN3. The van der Waals surface area contributed by atoms with Crippen LogP contribution in [0.25, 0.3) is 0 Å². The highest BCUT2D eigenvalue weighted by molar-refractivity contribution is 6.31. The van der Waals surface area contributed by atoms with Gasteiger partial charge in [-0.05, 0) is 18.1 Å². The molecule has 2 rings (SSSR count). The van der Waals surface area contributed by atoms with Gasteiger partial charge in [-0.2, -0.15) is 5.10 Å². The van der Waals surface area contributed by atoms with Gasteiger partial charge in [0, 0.05) is 22.8 Å². The molecule has 0 spiro atoms. The summed E-state index contributed by atoms with van der Waals surface area (Å²) < 4.78 is 1.87. The van der Waals surface area contributed by atoms with Crippen molar-refractivity contribution in [1.29, 1.82) is 0 Å². The van der Waals surface area contributed by atoms with Crippen molar-refractivity contribution in [2.45, 2.75) is 25.9 Å². The minimum atomic E-state index is 0.0648. The number of aromatic nitrogens is 2. The van der Waals surface area contributed by atoms with Gasteiger partial charge in [-0.15, -0.1) is 0 Å². The van der Waals surface area contributed by atoms with E-state index in [0.29, 0.717) is 6.54 Å². The average molecular weight is 250 g/mol. The van der Waals surface area contributed by atoms with Gasteiger partial charge in [-0.3, -0.25) is 4.68 Å². The molecule has 0 aliphatic carbocycles. The Morgan fingerprint density at radius 3 is 2.88 bits per heavy atom. The van der Waals surface area contributed by atoms with Crippen molar-refractivity contribution in [3.63, 3.8) is 0 Å². The molecule has 1 atom stereocenters. The first-order chi connectivity index (χ1) is 8.20. The van der Waals surface area contributed by atoms with Crippen molar-refractivity contribution in [3.8, 4) is 0 Å². The van der Waals surface area contributed by atoms with Crippen molar-refractivity contribution in [3.05, 3.63) is 52.8 Å². The fourth-order valence-electron chi connectivity index (χ4n) is 1.69. The highest BCUT2D eigenvalue weighted by atomic mass is 35.5. The zero-order valence-corrected chi connectivity index (χ0v) is 10.6. The third kappa shape index (κ3) is 2.87. The lowest BCUT2D eigenvalue weighted by Gasteiger charge is -2.05. The number of benzene rings is 1. The lowest BCUT2D eigenvalue weighted by atomic mass is 10.1. The summed E-state index contributed by atoms with van der Waals surface area (Å²) in [5.74, 6) is 0. The van der Waals surface area contributed by atoms with Crippen molar-refractivity contribution >= 4 is 11.6 Å². The molecule has 0 aliphatic rings. The van der Waals surface area contributed by atoms with Gasteiger partial charge < -0.3 is 5.73 Å². The molecular weight excluding hydrogens is 234 g/mol. The van der Waals surface area contributed by atoms with E-state index >= 15 is 0 Å². The van der Waals surface area contributed by atoms with E-state index in [4.69, 9.17) is 17.3 Å². The lowest BCUT2D eigenvalue weighted by molar-refractivity contribution is 0.675. The van der Waals surface area contributed by atoms with Crippen molar-refractivity contribution in [2.75, 3.05) is 0 Å². The summed E-state index contributed by atoms with van der Waals surface area (Å²) in [5, 5.41) is 5.07. The third-order valence-electron chi connectivity index (χ3n) is 2.81. The van der Waals surface area contributed by atoms with Crippen molar-refractivity contribution in [2.24, 2.45) is 5.73 Å². The van der Waals surface area contributed by atoms with E-state index in [-0.39, 0.29) is 6.04 Å². The van der Waals surface area contributed by atoms with Gasteiger partial charge in [0.25, 0.3) is 0 Å². The van der Waals surface area contributed by atoms with Crippen LogP contribution >= 0.6 is 11.6 Å². The number of hydrogen-bond acceptors (Lipinski definition) is 2. The van der Waals surface area contributed by atoms with E-state index in [1.165, 1.54) is 0 Å². The zero-order valence-electron chi connectivity index (χ0n) is 9.81. The maximum Gasteiger partial charge on any atom is 0.0674 e. The van der Waals surface area contributed by atoms with Crippen LogP contribution < -0.4 is 5.73 Å². The van der Waals surface area contributed by atoms with Crippen LogP contribution in [0.5, 0.6) is 0 Å². The van der Waals surface area contributed by atoms with Crippen LogP contribution in [0, 0.1) is 0 Å². The second kappa shape index (κ2) is 5.34. The van der Waals surface area contributed by atoms with Gasteiger partial charge in [-0.25, -0.2) is 0 Å². The molecule has 0 amide bonds. The predicted molar refractivity (Wildman–Crippen MR) is 70.0 cm³/mol. The molecule has 1 aromatic carbocycles. The third-order valence-corrected chi connectivity index (χ3v) is 3.18. The Bertz CT molecular complexity index is 493. The lowest BCUT2D eigenvalue weighted by Crippen LogP contribution is -2.07. The Morgan fingerprint density at radius 1 is 1.41 bits per heavy atom. The molecule has 2 N–H and O–H groups in total. The molecule has 1 unspecified atom stereocenters. The molecule has 0 bridgehead atoms. The molecule has 0 radical (unpaired) electrons. The molecule has 0 saturated carbocycles. The fourth-order valence-corrected chi connectivity index (χ4v) is 1.89. The Balaban J connectivity index is 2.14. The Morgan fingerprint density at radius 2 is 2.18 bits per heavy atom. The maximum absolute atomic E-state index is 6.10. The maximum atomic E-state index is 6.10. The molecule has 4 heteroatoms. The van der Waals surface area contributed by atoms with E-state index in [1.807, 2.05) is 41.3 Å². The number of nitrogens with two attached hydrogens (primary N) is 1. The van der Waals surface area contributed by atoms with Crippen LogP contribution in [0.4, 0.5) is 0 Å². The largest absolute Gasteiger partial charge is 0.324 e. The summed E-state index contributed by atoms with van der Waals surface area (Å²) in [4.78, 5) is 0. The summed E-state index contributed by atoms with van der Waals surface area (Å²) in [6.07, 6.45) is 4.72. The van der Waals surface area contributed by atoms with Gasteiger partial charge in [0.1, 0.15) is 0 Å². The van der Waals surface area contributed by atoms with Crippen LogP contribution in [0.3, 0.4) is 0 Å². The summed E-state index contributed by atoms with van der Waals surface area (Å²) in [5.41, 5.74) is 8.08. The van der Waals surface area contributed by atoms with E-state index in [1.54, 1.807) is 0 Å². The first-order valence-corrected chi connectivity index (χ1v) is 6.10. The minimum absolute atomic E-state index is 0.0648. The van der Waals surface area contributed by atoms with Crippen LogP contribution in [0.1, 0.15) is 30.5 Å². The molecule has 17 heavy (non-hydrogen) atoms. The number of rotatable bonds is 4. The first-order valence-electron chi connectivity index (χ1n) is 5.72. The monoisotopic (exact) mass is 249 g/mol. The van der Waals surface area contributed by atoms with Gasteiger partial charge in [-0.1, -0.05) is 36.7 Å². The first kappa shape index (κ1) is 12.1. The van der Waals surface area contributed by atoms with Gasteiger partial charge >= 0.3 is 0 Å². The number of hydrogen-bond donors (Lipinski definition) is 1. The van der Waals surface area contributed by atoms with Gasteiger partial charge in [0.15, 0.2) is 0 Å². The predicted octanol–water partition coefficient (Wildman–Crippen LogP) is 2.99. The summed E-state index contributed by atoms with van der Waals surface area (Å²) in [7, 11) is 0. The van der Waals surface area contributed by atoms with Crippen molar-refractivity contribution in [1.82, 2.24) is 9.78 Å². The van der Waals surface area contributed by atoms with E-state index in [0.717, 1.165) is 22.6 Å². The summed E-state index contributed by atoms with van der Waals surface area (Å²) >= 11 is 6.10. The average Bonchev–Trinajstić information content (AvgIpc) is 2.80. The SMILES string of the molecule is CCC(N)c1cnn(Cc2ccccc2Cl)c1. The smallest absolute Gasteiger partial charge is 0.0674 e. The second-order valence-corrected chi connectivity index (χ2v) is 4.48. The van der Waals surface area contributed by atoms with Crippen LogP contribution in [0.15, 0.2) is 36.7 Å². The molecule has 90 valence electrons. The fraction of sp³-hybridized carbons (Fsp3) is 0.308. The standard InChI is InChI=1S/C13H16ClN3/c1-2-13(15)11-7-16-17(9-11)8-10-5-3-4-6-12(10)14/h3-7,9,13H,2,8,15H2,1H3. The molecule has 3 nitrogen and oxygen atoms in total. The zero-order chi connectivity index (χ0) is 12.3. The number of nitrogens with zero attached hydrogens (tertiary/aromatic N) is 2. The highest BCUT2D eigenvalue weighted by Crippen LogP contribution is 2.17. The Hall–Kier alpha value is -1.32. The van der Waals surface area contributed by atoms with Crippen molar-refractivity contribution < 1.29 is 0 Å². The molecule has 0 aliphatic heterocycles. The van der Waals surface area contributed by atoms with E-state index < -0.39 is 0 Å².